The number of rotatable bonds is 5. The van der Waals surface area contributed by atoms with Crippen molar-refractivity contribution >= 4 is 11.3 Å². The molecule has 0 fully saturated rings. The lowest BCUT2D eigenvalue weighted by molar-refractivity contribution is 0.300. The molecule has 2 aromatic heterocycles. The molecule has 1 N–H and O–H groups in total. The van der Waals surface area contributed by atoms with Crippen LogP contribution >= 0.6 is 11.3 Å². The third-order valence-corrected chi connectivity index (χ3v) is 4.03. The molecule has 0 bridgehead atoms. The summed E-state index contributed by atoms with van der Waals surface area (Å²) < 4.78 is 4.66. The van der Waals surface area contributed by atoms with Crippen LogP contribution in [0.25, 0.3) is 0 Å². The van der Waals surface area contributed by atoms with E-state index in [-0.39, 0.29) is 5.41 Å². The van der Waals surface area contributed by atoms with Crippen LogP contribution in [-0.2, 0) is 12.0 Å². The second-order valence-corrected chi connectivity index (χ2v) is 5.71. The largest absolute Gasteiger partial charge is 0.310 e. The molecule has 17 heavy (non-hydrogen) atoms. The highest BCUT2D eigenvalue weighted by atomic mass is 32.1. The van der Waals surface area contributed by atoms with Crippen molar-refractivity contribution in [2.75, 3.05) is 6.54 Å². The molecule has 0 saturated carbocycles. The number of aromatic nitrogens is 2. The minimum Gasteiger partial charge on any atom is -0.310 e. The van der Waals surface area contributed by atoms with Gasteiger partial charge >= 0.3 is 0 Å². The molecule has 0 unspecified atom stereocenters. The van der Waals surface area contributed by atoms with E-state index in [4.69, 9.17) is 0 Å². The maximum absolute atomic E-state index is 4.66. The van der Waals surface area contributed by atoms with E-state index in [2.05, 4.69) is 51.6 Å². The number of hydrogen-bond donors (Lipinski definition) is 1. The normalized spacial score (nSPS) is 11.9. The molecule has 0 spiro atoms. The lowest BCUT2D eigenvalue weighted by Gasteiger charge is -2.23. The Morgan fingerprint density at radius 3 is 2.82 bits per heavy atom. The molecule has 0 aliphatic rings. The van der Waals surface area contributed by atoms with Crippen molar-refractivity contribution in [2.24, 2.45) is 0 Å². The Kier molecular flexibility index (Phi) is 3.59. The fourth-order valence-electron chi connectivity index (χ4n) is 1.65. The molecule has 2 rings (SSSR count). The van der Waals surface area contributed by atoms with Crippen molar-refractivity contribution in [1.82, 2.24) is 15.6 Å². The summed E-state index contributed by atoms with van der Waals surface area (Å²) in [4.78, 5) is 1.39. The van der Waals surface area contributed by atoms with E-state index in [0.29, 0.717) is 6.54 Å². The molecule has 0 aromatic carbocycles. The van der Waals surface area contributed by atoms with Gasteiger partial charge in [0.25, 0.3) is 0 Å². The van der Waals surface area contributed by atoms with Crippen molar-refractivity contribution in [3.05, 3.63) is 33.8 Å². The van der Waals surface area contributed by atoms with E-state index in [9.17, 15) is 0 Å². The van der Waals surface area contributed by atoms with Crippen LogP contribution in [0.1, 0.15) is 30.1 Å². The van der Waals surface area contributed by atoms with Crippen molar-refractivity contribution in [2.45, 2.75) is 32.7 Å². The fraction of sp³-hybridized carbons (Fsp3) is 0.500. The van der Waals surface area contributed by atoms with Gasteiger partial charge in [-0.3, -0.25) is 0 Å². The summed E-state index contributed by atoms with van der Waals surface area (Å²) >= 11 is 1.79. The summed E-state index contributed by atoms with van der Waals surface area (Å²) in [6, 6.07) is 4.27. The van der Waals surface area contributed by atoms with Gasteiger partial charge in [-0.15, -0.1) is 11.3 Å². The van der Waals surface area contributed by atoms with Gasteiger partial charge in [-0.2, -0.15) is 0 Å². The Hall–Kier alpha value is -1.20. The van der Waals surface area contributed by atoms with Crippen molar-refractivity contribution in [3.8, 4) is 0 Å². The van der Waals surface area contributed by atoms with Crippen LogP contribution in [0.5, 0.6) is 0 Å². The molecule has 0 aliphatic carbocycles. The highest BCUT2D eigenvalue weighted by Gasteiger charge is 2.21. The molecule has 0 atom stereocenters. The molecule has 92 valence electrons. The maximum atomic E-state index is 4.66. The zero-order valence-corrected chi connectivity index (χ0v) is 11.2. The highest BCUT2D eigenvalue weighted by molar-refractivity contribution is 7.10. The van der Waals surface area contributed by atoms with Crippen molar-refractivity contribution < 1.29 is 4.63 Å². The Labute approximate surface area is 105 Å². The van der Waals surface area contributed by atoms with Crippen molar-refractivity contribution in [1.29, 1.82) is 0 Å². The molecule has 0 radical (unpaired) electrons. The van der Waals surface area contributed by atoms with Gasteiger partial charge in [0.2, 0.25) is 0 Å². The van der Waals surface area contributed by atoms with Gasteiger partial charge in [0.05, 0.1) is 0 Å². The van der Waals surface area contributed by atoms with Crippen LogP contribution in [0.4, 0.5) is 0 Å². The minimum atomic E-state index is 0.138. The second kappa shape index (κ2) is 4.98. The van der Waals surface area contributed by atoms with Crippen LogP contribution in [0.15, 0.2) is 22.1 Å². The van der Waals surface area contributed by atoms with Gasteiger partial charge in [-0.05, 0) is 18.4 Å². The predicted molar refractivity (Wildman–Crippen MR) is 68.1 cm³/mol. The summed E-state index contributed by atoms with van der Waals surface area (Å²) in [7, 11) is 0. The quantitative estimate of drug-likeness (QED) is 0.887. The Balaban J connectivity index is 1.88. The van der Waals surface area contributed by atoms with E-state index >= 15 is 0 Å². The average molecular weight is 251 g/mol. The average Bonchev–Trinajstić information content (AvgIpc) is 2.90. The van der Waals surface area contributed by atoms with Gasteiger partial charge in [-0.25, -0.2) is 4.63 Å². The monoisotopic (exact) mass is 251 g/mol. The number of thiophene rings is 1. The maximum Gasteiger partial charge on any atom is 0.121 e. The predicted octanol–water partition coefficient (Wildman–Crippen LogP) is 2.51. The molecule has 0 aliphatic heterocycles. The molecular formula is C12H17N3OS. The van der Waals surface area contributed by atoms with Gasteiger partial charge in [-0.1, -0.05) is 30.2 Å². The Morgan fingerprint density at radius 2 is 2.24 bits per heavy atom. The van der Waals surface area contributed by atoms with Crippen LogP contribution in [-0.4, -0.2) is 16.9 Å². The molecule has 4 nitrogen and oxygen atoms in total. The molecule has 2 aromatic rings. The highest BCUT2D eigenvalue weighted by Crippen LogP contribution is 2.26. The topological polar surface area (TPSA) is 51.0 Å². The first-order chi connectivity index (χ1) is 8.09. The van der Waals surface area contributed by atoms with Gasteiger partial charge < -0.3 is 5.32 Å². The fourth-order valence-corrected chi connectivity index (χ4v) is 2.51. The number of aryl methyl sites for hydroxylation is 1. The van der Waals surface area contributed by atoms with Crippen LogP contribution in [0.3, 0.4) is 0 Å². The van der Waals surface area contributed by atoms with Crippen LogP contribution < -0.4 is 5.32 Å². The van der Waals surface area contributed by atoms with E-state index < -0.39 is 0 Å². The summed E-state index contributed by atoms with van der Waals surface area (Å²) in [6.07, 6.45) is 0. The molecule has 2 heterocycles. The van der Waals surface area contributed by atoms with Crippen LogP contribution in [0, 0.1) is 6.92 Å². The van der Waals surface area contributed by atoms with E-state index in [0.717, 1.165) is 17.9 Å². The third-order valence-electron chi connectivity index (χ3n) is 2.79. The SMILES string of the molecule is Cc1nonc1CNCC(C)(C)c1cccs1. The number of hydrogen-bond acceptors (Lipinski definition) is 5. The number of nitrogens with one attached hydrogen (secondary N) is 1. The first-order valence-electron chi connectivity index (χ1n) is 5.62. The van der Waals surface area contributed by atoms with Gasteiger partial charge in [0, 0.05) is 23.4 Å². The standard InChI is InChI=1S/C12H17N3OS/c1-9-10(15-16-14-9)7-13-8-12(2,3)11-5-4-6-17-11/h4-6,13H,7-8H2,1-3H3. The molecule has 0 saturated heterocycles. The summed E-state index contributed by atoms with van der Waals surface area (Å²) in [5.74, 6) is 0. The van der Waals surface area contributed by atoms with Crippen molar-refractivity contribution in [3.63, 3.8) is 0 Å². The summed E-state index contributed by atoms with van der Waals surface area (Å²) in [5.41, 5.74) is 1.87. The lowest BCUT2D eigenvalue weighted by atomic mass is 9.91. The summed E-state index contributed by atoms with van der Waals surface area (Å²) in [6.45, 7) is 7.97. The first kappa shape index (κ1) is 12.3. The summed E-state index contributed by atoms with van der Waals surface area (Å²) in [5, 5.41) is 13.1. The Bertz CT molecular complexity index is 462. The van der Waals surface area contributed by atoms with E-state index in [1.807, 2.05) is 6.92 Å². The Morgan fingerprint density at radius 1 is 1.41 bits per heavy atom. The smallest absolute Gasteiger partial charge is 0.121 e. The third kappa shape index (κ3) is 2.92. The van der Waals surface area contributed by atoms with Crippen LogP contribution in [0.2, 0.25) is 0 Å². The molecular weight excluding hydrogens is 234 g/mol. The zero-order valence-electron chi connectivity index (χ0n) is 10.4. The van der Waals surface area contributed by atoms with E-state index in [1.165, 1.54) is 4.88 Å². The first-order valence-corrected chi connectivity index (χ1v) is 6.50. The van der Waals surface area contributed by atoms with E-state index in [1.54, 1.807) is 11.3 Å². The van der Waals surface area contributed by atoms with Gasteiger partial charge in [0.1, 0.15) is 11.4 Å². The lowest BCUT2D eigenvalue weighted by Crippen LogP contribution is -2.32. The van der Waals surface area contributed by atoms with Gasteiger partial charge in [0.15, 0.2) is 0 Å². The second-order valence-electron chi connectivity index (χ2n) is 4.76. The number of nitrogens with zero attached hydrogens (tertiary/aromatic N) is 2. The molecule has 0 amide bonds. The zero-order chi connectivity index (χ0) is 12.3. The minimum absolute atomic E-state index is 0.138. The molecule has 5 heteroatoms.